The second-order valence-electron chi connectivity index (χ2n) is 14.6. The third-order valence-electron chi connectivity index (χ3n) is 9.63. The topological polar surface area (TPSA) is 173 Å². The molecule has 2 amide bonds. The Morgan fingerprint density at radius 3 is 2.44 bits per heavy atom. The molecule has 1 saturated carbocycles. The quantitative estimate of drug-likeness (QED) is 0.113. The molecule has 2 aromatic carbocycles. The lowest BCUT2D eigenvalue weighted by molar-refractivity contribution is -0.122. The Labute approximate surface area is 328 Å². The van der Waals surface area contributed by atoms with E-state index in [1.54, 1.807) is 19.2 Å². The number of nitrogens with zero attached hydrogens (tertiary/aromatic N) is 5. The number of hydrogen-bond donors (Lipinski definition) is 4. The second kappa shape index (κ2) is 14.1. The predicted octanol–water partition coefficient (Wildman–Crippen LogP) is 4.93. The molecule has 0 aliphatic heterocycles. The summed E-state index contributed by atoms with van der Waals surface area (Å²) in [5.41, 5.74) is -0.734. The maximum Gasteiger partial charge on any atom is 0.293 e. The molecule has 2 aliphatic carbocycles. The van der Waals surface area contributed by atoms with Gasteiger partial charge in [-0.25, -0.2) is 22.2 Å². The van der Waals surface area contributed by atoms with Crippen molar-refractivity contribution < 1.29 is 40.7 Å². The lowest BCUT2D eigenvalue weighted by Crippen LogP contribution is -2.35. The number of benzene rings is 2. The zero-order valence-corrected chi connectivity index (χ0v) is 32.6. The number of carbonyl (C=O) groups is 2. The third kappa shape index (κ3) is 7.78. The van der Waals surface area contributed by atoms with Gasteiger partial charge in [0.25, 0.3) is 11.8 Å². The van der Waals surface area contributed by atoms with Crippen LogP contribution >= 0.6 is 11.6 Å². The van der Waals surface area contributed by atoms with Gasteiger partial charge < -0.3 is 15.7 Å². The van der Waals surface area contributed by atoms with Gasteiger partial charge in [0.15, 0.2) is 11.5 Å². The number of amides is 2. The van der Waals surface area contributed by atoms with E-state index in [4.69, 9.17) is 16.6 Å². The van der Waals surface area contributed by atoms with Crippen molar-refractivity contribution in [1.29, 1.82) is 0 Å². The van der Waals surface area contributed by atoms with E-state index in [1.807, 2.05) is 0 Å². The van der Waals surface area contributed by atoms with Crippen LogP contribution in [0.2, 0.25) is 5.02 Å². The molecule has 5 aromatic rings. The van der Waals surface area contributed by atoms with Gasteiger partial charge in [0, 0.05) is 42.8 Å². The number of aliphatic hydroxyl groups is 1. The molecule has 4 N–H and O–H groups in total. The molecule has 0 saturated heterocycles. The van der Waals surface area contributed by atoms with Gasteiger partial charge in [-0.2, -0.15) is 19.0 Å². The number of fused-ring (bicyclic) bond motifs is 4. The van der Waals surface area contributed by atoms with Crippen LogP contribution in [0.25, 0.3) is 22.0 Å². The van der Waals surface area contributed by atoms with Crippen LogP contribution in [-0.4, -0.2) is 68.8 Å². The van der Waals surface area contributed by atoms with Gasteiger partial charge in [-0.1, -0.05) is 23.6 Å². The number of alkyl halides is 2. The summed E-state index contributed by atoms with van der Waals surface area (Å²) in [6, 6.07) is 7.80. The molecule has 13 nitrogen and oxygen atoms in total. The molecule has 2 aliphatic rings. The van der Waals surface area contributed by atoms with Gasteiger partial charge in [0.05, 0.1) is 33.9 Å². The Morgan fingerprint density at radius 1 is 1.11 bits per heavy atom. The molecule has 19 heteroatoms. The summed E-state index contributed by atoms with van der Waals surface area (Å²) in [6.07, 6.45) is 0.840. The average molecular weight is 827 g/mol. The van der Waals surface area contributed by atoms with Crippen LogP contribution in [0, 0.1) is 29.4 Å². The maximum absolute atomic E-state index is 15.6. The second-order valence-corrected chi connectivity index (χ2v) is 16.8. The number of halogens is 5. The molecule has 0 spiro atoms. The minimum atomic E-state index is -3.81. The lowest BCUT2D eigenvalue weighted by atomic mass is 9.93. The van der Waals surface area contributed by atoms with Crippen molar-refractivity contribution in [2.24, 2.45) is 13.0 Å². The number of anilines is 1. The van der Waals surface area contributed by atoms with Crippen molar-refractivity contribution in [1.82, 2.24) is 35.2 Å². The normalized spacial score (nSPS) is 17.3. The van der Waals surface area contributed by atoms with Gasteiger partial charge in [0.2, 0.25) is 15.9 Å². The minimum Gasteiger partial charge on any atom is -0.378 e. The summed E-state index contributed by atoms with van der Waals surface area (Å²) in [5.74, 6) is -2.90. The third-order valence-corrected chi connectivity index (χ3v) is 10.5. The number of pyridine rings is 1. The van der Waals surface area contributed by atoms with Crippen LogP contribution in [-0.2, 0) is 40.8 Å². The summed E-state index contributed by atoms with van der Waals surface area (Å²) in [5, 5.41) is 24.4. The minimum absolute atomic E-state index is 0.0681. The van der Waals surface area contributed by atoms with Gasteiger partial charge >= 0.3 is 0 Å². The SMILES string of the molecule is CNC(=O)c1nn(CC(=O)NC(Cc2cc(F)cc(F)c2)c2nc(C#CC(C)(C)O)ccc2-c2ccc(Cl)c3c(NS(C)(=O)=O)nn(C)c23)c2c1[C@H]1C[C@H]1C2(F)F. The molecule has 298 valence electrons. The van der Waals surface area contributed by atoms with Crippen LogP contribution in [0.15, 0.2) is 42.5 Å². The number of sulfonamides is 1. The van der Waals surface area contributed by atoms with Gasteiger partial charge in [-0.15, -0.1) is 0 Å². The molecule has 3 atom stereocenters. The van der Waals surface area contributed by atoms with Crippen molar-refractivity contribution in [3.63, 3.8) is 0 Å². The number of nitrogens with one attached hydrogen (secondary N) is 3. The highest BCUT2D eigenvalue weighted by atomic mass is 35.5. The number of carbonyl (C=O) groups excluding carboxylic acids is 2. The molecular weight excluding hydrogens is 792 g/mol. The van der Waals surface area contributed by atoms with Crippen LogP contribution in [0.3, 0.4) is 0 Å². The standard InChI is InChI=1S/C38H35ClF4N8O5S/c1-37(2,54)11-10-21-6-7-22(23-8-9-26(39)30-33(23)50(4)48-35(30)49-57(5,55)56)31(45-21)27(14-18-12-19(40)15-20(41)13-18)46-28(52)17-51-34-29(32(47-51)36(53)44-3)24-16-25(24)38(34,42)43/h6-9,12-13,15,24-25,27,54H,14,16-17H2,1-5H3,(H,44,53)(H,46,52)(H,48,49)/t24-,25+,27?/m0/s1. The molecule has 3 heterocycles. The van der Waals surface area contributed by atoms with Gasteiger partial charge in [-0.3, -0.25) is 23.7 Å². The summed E-state index contributed by atoms with van der Waals surface area (Å²) in [4.78, 5) is 31.5. The van der Waals surface area contributed by atoms with Gasteiger partial charge in [-0.05, 0) is 74.4 Å². The average Bonchev–Trinajstić information content (AvgIpc) is 3.65. The Bertz CT molecular complexity index is 2660. The van der Waals surface area contributed by atoms with Crippen molar-refractivity contribution in [3.05, 3.63) is 93.0 Å². The van der Waals surface area contributed by atoms with E-state index in [9.17, 15) is 31.9 Å². The van der Waals surface area contributed by atoms with E-state index in [1.165, 1.54) is 37.7 Å². The highest BCUT2D eigenvalue weighted by Crippen LogP contribution is 2.67. The molecule has 1 fully saturated rings. The van der Waals surface area contributed by atoms with Crippen LogP contribution < -0.4 is 15.4 Å². The van der Waals surface area contributed by atoms with Crippen LogP contribution in [0.4, 0.5) is 23.4 Å². The molecule has 57 heavy (non-hydrogen) atoms. The fourth-order valence-electron chi connectivity index (χ4n) is 7.32. The number of hydrogen-bond acceptors (Lipinski definition) is 8. The molecule has 7 rings (SSSR count). The molecule has 0 radical (unpaired) electrons. The summed E-state index contributed by atoms with van der Waals surface area (Å²) >= 11 is 6.60. The Hall–Kier alpha value is -5.51. The fraction of sp³-hybridized carbons (Fsp3) is 0.342. The fourth-order valence-corrected chi connectivity index (χ4v) is 8.06. The van der Waals surface area contributed by atoms with E-state index >= 15 is 8.78 Å². The maximum atomic E-state index is 15.6. The van der Waals surface area contributed by atoms with E-state index < -0.39 is 75.1 Å². The van der Waals surface area contributed by atoms with Crippen molar-refractivity contribution >= 4 is 50.2 Å². The molecule has 3 aromatic heterocycles. The molecule has 0 bridgehead atoms. The van der Waals surface area contributed by atoms with Crippen molar-refractivity contribution in [3.8, 4) is 23.0 Å². The zero-order chi connectivity index (χ0) is 41.4. The van der Waals surface area contributed by atoms with Crippen LogP contribution in [0.1, 0.15) is 70.9 Å². The predicted molar refractivity (Wildman–Crippen MR) is 202 cm³/mol. The highest BCUT2D eigenvalue weighted by molar-refractivity contribution is 7.92. The van der Waals surface area contributed by atoms with Crippen molar-refractivity contribution in [2.45, 2.75) is 56.7 Å². The van der Waals surface area contributed by atoms with E-state index in [2.05, 4.69) is 37.4 Å². The Kier molecular flexibility index (Phi) is 9.86. The Balaban J connectivity index is 1.39. The first-order chi connectivity index (χ1) is 26.6. The van der Waals surface area contributed by atoms with E-state index in [0.29, 0.717) is 22.7 Å². The largest absolute Gasteiger partial charge is 0.378 e. The monoisotopic (exact) mass is 826 g/mol. The van der Waals surface area contributed by atoms with E-state index in [0.717, 1.165) is 23.1 Å². The zero-order valence-electron chi connectivity index (χ0n) is 31.0. The summed E-state index contributed by atoms with van der Waals surface area (Å²) in [7, 11) is -0.920. The van der Waals surface area contributed by atoms with Crippen molar-refractivity contribution in [2.75, 3.05) is 18.0 Å². The van der Waals surface area contributed by atoms with E-state index in [-0.39, 0.29) is 57.3 Å². The summed E-state index contributed by atoms with van der Waals surface area (Å²) in [6.45, 7) is 2.16. The van der Waals surface area contributed by atoms with Gasteiger partial charge in [0.1, 0.15) is 35.2 Å². The lowest BCUT2D eigenvalue weighted by Gasteiger charge is -2.23. The summed E-state index contributed by atoms with van der Waals surface area (Å²) < 4.78 is 89.4. The Morgan fingerprint density at radius 2 is 1.79 bits per heavy atom. The van der Waals surface area contributed by atoms with Crippen LogP contribution in [0.5, 0.6) is 0 Å². The first-order valence-electron chi connectivity index (χ1n) is 17.5. The highest BCUT2D eigenvalue weighted by Gasteiger charge is 2.67. The molecular formula is C38H35ClF4N8O5S. The smallest absolute Gasteiger partial charge is 0.293 e. The number of rotatable bonds is 10. The molecule has 1 unspecified atom stereocenters. The first-order valence-corrected chi connectivity index (χ1v) is 19.8. The number of aryl methyl sites for hydroxylation is 1. The first kappa shape index (κ1) is 39.7. The number of aromatic nitrogens is 5.